The van der Waals surface area contributed by atoms with Gasteiger partial charge in [0.15, 0.2) is 17.3 Å². The zero-order valence-electron chi connectivity index (χ0n) is 17.2. The van der Waals surface area contributed by atoms with Gasteiger partial charge in [-0.25, -0.2) is 0 Å². The average molecular weight is 401 g/mol. The molecule has 0 spiro atoms. The van der Waals surface area contributed by atoms with E-state index < -0.39 is 0 Å². The van der Waals surface area contributed by atoms with Gasteiger partial charge in [-0.05, 0) is 23.1 Å². The van der Waals surface area contributed by atoms with Gasteiger partial charge in [0.1, 0.15) is 0 Å². The fourth-order valence-corrected chi connectivity index (χ4v) is 3.77. The van der Waals surface area contributed by atoms with Gasteiger partial charge in [-0.15, -0.1) is 0 Å². The maximum Gasteiger partial charge on any atom is 0.203 e. The molecule has 0 aliphatic heterocycles. The largest absolute Gasteiger partial charge is 0.493 e. The number of methoxy groups -OCH3 is 3. The number of ether oxygens (including phenoxy) is 3. The highest BCUT2D eigenvalue weighted by atomic mass is 16.5. The van der Waals surface area contributed by atoms with Crippen LogP contribution in [0, 0.1) is 0 Å². The number of anilines is 1. The average Bonchev–Trinajstić information content (AvgIpc) is 2.90. The van der Waals surface area contributed by atoms with Crippen LogP contribution >= 0.6 is 0 Å². The Morgan fingerprint density at radius 2 is 1.37 bits per heavy atom. The Bertz CT molecular complexity index is 1110. The van der Waals surface area contributed by atoms with Crippen molar-refractivity contribution in [2.75, 3.05) is 26.6 Å². The summed E-state index contributed by atoms with van der Waals surface area (Å²) in [5.74, 6) is 1.59. The molecule has 4 rings (SSSR count). The van der Waals surface area contributed by atoms with E-state index in [2.05, 4.69) is 11.4 Å². The number of rotatable bonds is 5. The Hall–Kier alpha value is -3.73. The minimum atomic E-state index is -0.00417. The summed E-state index contributed by atoms with van der Waals surface area (Å²) in [6, 6.07) is 19.4. The summed E-state index contributed by atoms with van der Waals surface area (Å²) in [5, 5.41) is 3.25. The number of nitrogens with one attached hydrogen (secondary N) is 1. The van der Waals surface area contributed by atoms with Gasteiger partial charge in [0.2, 0.25) is 5.75 Å². The van der Waals surface area contributed by atoms with Crippen molar-refractivity contribution in [1.82, 2.24) is 0 Å². The Balaban J connectivity index is 1.79. The fraction of sp³-hybridized carbons (Fsp3) is 0.160. The number of carbonyl (C=O) groups excluding carboxylic acids is 1. The normalized spacial score (nSPS) is 13.8. The lowest BCUT2D eigenvalue weighted by atomic mass is 9.97. The lowest BCUT2D eigenvalue weighted by Crippen LogP contribution is -2.05. The zero-order valence-corrected chi connectivity index (χ0v) is 17.2. The van der Waals surface area contributed by atoms with Gasteiger partial charge in [-0.3, -0.25) is 4.79 Å². The highest BCUT2D eigenvalue weighted by Crippen LogP contribution is 2.40. The number of fused-ring (bicyclic) bond motifs is 2. The van der Waals surface area contributed by atoms with E-state index in [-0.39, 0.29) is 5.78 Å². The highest BCUT2D eigenvalue weighted by Gasteiger charge is 2.24. The van der Waals surface area contributed by atoms with E-state index in [0.29, 0.717) is 22.8 Å². The topological polar surface area (TPSA) is 56.8 Å². The molecule has 3 aromatic rings. The lowest BCUT2D eigenvalue weighted by Gasteiger charge is -2.15. The number of Topliss-reactive ketones (excluding diaryl/α,β-unsaturated/α-hetero) is 1. The Morgan fingerprint density at radius 1 is 0.800 bits per heavy atom. The third-order valence-corrected chi connectivity index (χ3v) is 5.24. The molecule has 0 fully saturated rings. The van der Waals surface area contributed by atoms with E-state index in [1.165, 1.54) is 0 Å². The van der Waals surface area contributed by atoms with Crippen LogP contribution in [0.5, 0.6) is 17.2 Å². The van der Waals surface area contributed by atoms with Gasteiger partial charge in [-0.1, -0.05) is 48.5 Å². The quantitative estimate of drug-likeness (QED) is 0.613. The monoisotopic (exact) mass is 401 g/mol. The smallest absolute Gasteiger partial charge is 0.203 e. The molecule has 0 bridgehead atoms. The molecule has 1 aliphatic carbocycles. The van der Waals surface area contributed by atoms with Gasteiger partial charge in [0, 0.05) is 35.2 Å². The summed E-state index contributed by atoms with van der Waals surface area (Å²) >= 11 is 0. The van der Waals surface area contributed by atoms with Crippen molar-refractivity contribution in [2.45, 2.75) is 6.42 Å². The summed E-state index contributed by atoms with van der Waals surface area (Å²) in [4.78, 5) is 13.4. The third kappa shape index (κ3) is 3.50. The first-order chi connectivity index (χ1) is 14.7. The number of benzene rings is 3. The minimum Gasteiger partial charge on any atom is -0.493 e. The molecule has 0 saturated heterocycles. The molecule has 0 amide bonds. The molecule has 0 aromatic heterocycles. The van der Waals surface area contributed by atoms with Gasteiger partial charge in [-0.2, -0.15) is 0 Å². The van der Waals surface area contributed by atoms with E-state index in [0.717, 1.165) is 34.4 Å². The van der Waals surface area contributed by atoms with Crippen molar-refractivity contribution < 1.29 is 19.0 Å². The summed E-state index contributed by atoms with van der Waals surface area (Å²) in [7, 11) is 4.71. The van der Waals surface area contributed by atoms with Crippen LogP contribution in [-0.2, 0) is 6.42 Å². The first-order valence-electron chi connectivity index (χ1n) is 9.64. The molecule has 0 saturated carbocycles. The molecule has 152 valence electrons. The number of ketones is 1. The predicted octanol–water partition coefficient (Wildman–Crippen LogP) is 4.95. The first kappa shape index (κ1) is 19.6. The standard InChI is InChI=1S/C25H23NO4/c1-28-22-13-18(14-23(29-2)25(22)30-3)26-15-21-19-10-6-4-8-16(19)12-17-9-5-7-11-20(17)24(21)27/h4-11,13-15,26H,12H2,1-3H3/b21-15+. The summed E-state index contributed by atoms with van der Waals surface area (Å²) in [6.07, 6.45) is 2.48. The molecule has 5 nitrogen and oxygen atoms in total. The molecule has 0 radical (unpaired) electrons. The number of carbonyl (C=O) groups is 1. The van der Waals surface area contributed by atoms with E-state index in [4.69, 9.17) is 14.2 Å². The maximum atomic E-state index is 13.4. The van der Waals surface area contributed by atoms with Gasteiger partial charge in [0.25, 0.3) is 0 Å². The van der Waals surface area contributed by atoms with E-state index in [1.807, 2.05) is 42.5 Å². The van der Waals surface area contributed by atoms with Crippen molar-refractivity contribution in [3.8, 4) is 17.2 Å². The van der Waals surface area contributed by atoms with Crippen molar-refractivity contribution in [1.29, 1.82) is 0 Å². The predicted molar refractivity (Wildman–Crippen MR) is 118 cm³/mol. The summed E-state index contributed by atoms with van der Waals surface area (Å²) in [6.45, 7) is 0. The third-order valence-electron chi connectivity index (χ3n) is 5.24. The molecule has 30 heavy (non-hydrogen) atoms. The second-order valence-electron chi connectivity index (χ2n) is 6.94. The lowest BCUT2D eigenvalue weighted by molar-refractivity contribution is 0.105. The molecule has 0 atom stereocenters. The Kier molecular flexibility index (Phi) is 5.44. The van der Waals surface area contributed by atoms with Crippen molar-refractivity contribution in [3.63, 3.8) is 0 Å². The first-order valence-corrected chi connectivity index (χ1v) is 9.64. The van der Waals surface area contributed by atoms with Crippen LogP contribution in [0.25, 0.3) is 5.57 Å². The van der Waals surface area contributed by atoms with Crippen LogP contribution in [0.1, 0.15) is 27.0 Å². The molecular formula is C25H23NO4. The minimum absolute atomic E-state index is 0.00417. The fourth-order valence-electron chi connectivity index (χ4n) is 3.77. The van der Waals surface area contributed by atoms with Gasteiger partial charge >= 0.3 is 0 Å². The second-order valence-corrected chi connectivity index (χ2v) is 6.94. The summed E-state index contributed by atoms with van der Waals surface area (Å²) < 4.78 is 16.2. The van der Waals surface area contributed by atoms with Crippen LogP contribution in [0.2, 0.25) is 0 Å². The van der Waals surface area contributed by atoms with E-state index in [9.17, 15) is 4.79 Å². The molecule has 0 unspecified atom stereocenters. The van der Waals surface area contributed by atoms with Crippen LogP contribution in [0.4, 0.5) is 5.69 Å². The molecule has 0 heterocycles. The molecule has 3 aromatic carbocycles. The van der Waals surface area contributed by atoms with E-state index >= 15 is 0 Å². The maximum absolute atomic E-state index is 13.4. The molecule has 1 N–H and O–H groups in total. The van der Waals surface area contributed by atoms with Crippen molar-refractivity contribution >= 4 is 17.0 Å². The van der Waals surface area contributed by atoms with Crippen molar-refractivity contribution in [2.24, 2.45) is 0 Å². The SMILES string of the molecule is COc1cc(N/C=C2/C(=O)c3ccccc3Cc3ccccc32)cc(OC)c1OC. The van der Waals surface area contributed by atoms with Crippen LogP contribution in [0.3, 0.4) is 0 Å². The van der Waals surface area contributed by atoms with E-state index in [1.54, 1.807) is 39.7 Å². The van der Waals surface area contributed by atoms with Crippen LogP contribution in [-0.4, -0.2) is 27.1 Å². The molecule has 5 heteroatoms. The number of hydrogen-bond donors (Lipinski definition) is 1. The highest BCUT2D eigenvalue weighted by molar-refractivity contribution is 6.30. The summed E-state index contributed by atoms with van der Waals surface area (Å²) in [5.41, 5.74) is 5.15. The molecular weight excluding hydrogens is 378 g/mol. The Morgan fingerprint density at radius 3 is 1.97 bits per heavy atom. The Labute approximate surface area is 175 Å². The van der Waals surface area contributed by atoms with Gasteiger partial charge in [0.05, 0.1) is 21.3 Å². The second kappa shape index (κ2) is 8.33. The van der Waals surface area contributed by atoms with Crippen LogP contribution in [0.15, 0.2) is 66.9 Å². The zero-order chi connectivity index (χ0) is 21.1. The number of hydrogen-bond acceptors (Lipinski definition) is 5. The number of allylic oxidation sites excluding steroid dienone is 1. The molecule has 1 aliphatic rings. The van der Waals surface area contributed by atoms with Gasteiger partial charge < -0.3 is 19.5 Å². The van der Waals surface area contributed by atoms with Crippen molar-refractivity contribution in [3.05, 3.63) is 89.1 Å². The van der Waals surface area contributed by atoms with Crippen LogP contribution < -0.4 is 19.5 Å².